The highest BCUT2D eigenvalue weighted by Gasteiger charge is 2.31. The maximum atomic E-state index is 9.21. The lowest BCUT2D eigenvalue weighted by molar-refractivity contribution is 0.0119. The van der Waals surface area contributed by atoms with Gasteiger partial charge >= 0.3 is 0 Å². The fourth-order valence-corrected chi connectivity index (χ4v) is 2.13. The van der Waals surface area contributed by atoms with E-state index in [0.29, 0.717) is 0 Å². The van der Waals surface area contributed by atoms with Crippen molar-refractivity contribution in [2.45, 2.75) is 50.3 Å². The van der Waals surface area contributed by atoms with Gasteiger partial charge in [-0.25, -0.2) is 0 Å². The highest BCUT2D eigenvalue weighted by Crippen LogP contribution is 2.22. The molecule has 0 spiro atoms. The molecule has 0 aliphatic heterocycles. The Hall–Kier alpha value is -0.160. The molecule has 3 N–H and O–H groups in total. The van der Waals surface area contributed by atoms with Gasteiger partial charge in [-0.3, -0.25) is 0 Å². The summed E-state index contributed by atoms with van der Waals surface area (Å²) >= 11 is 0. The van der Waals surface area contributed by atoms with Crippen molar-refractivity contribution in [3.05, 3.63) is 0 Å². The van der Waals surface area contributed by atoms with Gasteiger partial charge in [0.25, 0.3) is 0 Å². The molecule has 0 aromatic heterocycles. The van der Waals surface area contributed by atoms with Crippen molar-refractivity contribution in [1.29, 1.82) is 0 Å². The molecule has 1 saturated carbocycles. The first-order valence-electron chi connectivity index (χ1n) is 5.67. The zero-order valence-corrected chi connectivity index (χ0v) is 9.70. The van der Waals surface area contributed by atoms with Gasteiger partial charge in [-0.2, -0.15) is 0 Å². The molecular weight excluding hydrogens is 194 g/mol. The summed E-state index contributed by atoms with van der Waals surface area (Å²) in [5, 5.41) is 21.7. The van der Waals surface area contributed by atoms with Crippen LogP contribution in [0.4, 0.5) is 0 Å². The Kier molecular flexibility index (Phi) is 4.99. The third-order valence-electron chi connectivity index (χ3n) is 3.24. The maximum absolute atomic E-state index is 9.21. The fourth-order valence-electron chi connectivity index (χ4n) is 2.13. The van der Waals surface area contributed by atoms with Gasteiger partial charge in [-0.1, -0.05) is 12.8 Å². The third kappa shape index (κ3) is 3.41. The van der Waals surface area contributed by atoms with E-state index in [1.54, 1.807) is 7.11 Å². The number of aliphatic hydroxyl groups excluding tert-OH is 2. The van der Waals surface area contributed by atoms with Crippen LogP contribution in [0.15, 0.2) is 0 Å². The predicted molar refractivity (Wildman–Crippen MR) is 58.8 cm³/mol. The summed E-state index contributed by atoms with van der Waals surface area (Å²) in [5.74, 6) is 0. The molecule has 0 radical (unpaired) electrons. The van der Waals surface area contributed by atoms with E-state index in [2.05, 4.69) is 5.32 Å². The van der Waals surface area contributed by atoms with Crippen LogP contribution < -0.4 is 5.32 Å². The zero-order valence-electron chi connectivity index (χ0n) is 9.70. The van der Waals surface area contributed by atoms with E-state index in [-0.39, 0.29) is 25.4 Å². The van der Waals surface area contributed by atoms with Gasteiger partial charge in [-0.15, -0.1) is 0 Å². The molecule has 15 heavy (non-hydrogen) atoms. The van der Waals surface area contributed by atoms with Crippen molar-refractivity contribution >= 4 is 0 Å². The highest BCUT2D eigenvalue weighted by atomic mass is 16.5. The topological polar surface area (TPSA) is 61.7 Å². The molecule has 2 unspecified atom stereocenters. The number of hydrogen-bond donors (Lipinski definition) is 3. The second-order valence-electron chi connectivity index (χ2n) is 4.69. The average molecular weight is 217 g/mol. The van der Waals surface area contributed by atoms with Crippen molar-refractivity contribution in [3.63, 3.8) is 0 Å². The Morgan fingerprint density at radius 1 is 1.27 bits per heavy atom. The van der Waals surface area contributed by atoms with E-state index in [1.807, 2.05) is 6.92 Å². The van der Waals surface area contributed by atoms with Crippen molar-refractivity contribution in [1.82, 2.24) is 5.32 Å². The summed E-state index contributed by atoms with van der Waals surface area (Å²) in [6.45, 7) is 1.71. The van der Waals surface area contributed by atoms with E-state index < -0.39 is 5.54 Å². The third-order valence-corrected chi connectivity index (χ3v) is 3.24. The first-order valence-corrected chi connectivity index (χ1v) is 5.67. The lowest BCUT2D eigenvalue weighted by atomic mass is 9.90. The van der Waals surface area contributed by atoms with Crippen LogP contribution in [0.1, 0.15) is 32.6 Å². The molecule has 90 valence electrons. The summed E-state index contributed by atoms with van der Waals surface area (Å²) < 4.78 is 5.41. The second kappa shape index (κ2) is 5.80. The highest BCUT2D eigenvalue weighted by molar-refractivity contribution is 4.90. The van der Waals surface area contributed by atoms with Crippen LogP contribution in [-0.4, -0.2) is 48.2 Å². The van der Waals surface area contributed by atoms with E-state index >= 15 is 0 Å². The zero-order chi connectivity index (χ0) is 11.3. The first-order chi connectivity index (χ1) is 7.15. The van der Waals surface area contributed by atoms with Gasteiger partial charge in [-0.05, 0) is 19.8 Å². The van der Waals surface area contributed by atoms with Crippen LogP contribution in [0.25, 0.3) is 0 Å². The van der Waals surface area contributed by atoms with Gasteiger partial charge < -0.3 is 20.3 Å². The molecule has 0 heterocycles. The number of ether oxygens (including phenoxy) is 1. The minimum Gasteiger partial charge on any atom is -0.394 e. The fraction of sp³-hybridized carbons (Fsp3) is 1.00. The molecule has 1 aliphatic rings. The first kappa shape index (κ1) is 12.9. The molecule has 0 bridgehead atoms. The summed E-state index contributed by atoms with van der Waals surface area (Å²) in [4.78, 5) is 0. The van der Waals surface area contributed by atoms with Gasteiger partial charge in [0.2, 0.25) is 0 Å². The van der Waals surface area contributed by atoms with Crippen LogP contribution in [-0.2, 0) is 4.74 Å². The van der Waals surface area contributed by atoms with Gasteiger partial charge in [0.15, 0.2) is 0 Å². The molecular formula is C11H23NO3. The number of hydrogen-bond acceptors (Lipinski definition) is 4. The molecule has 1 rings (SSSR count). The predicted octanol–water partition coefficient (Wildman–Crippen LogP) is 0.277. The Morgan fingerprint density at radius 3 is 2.40 bits per heavy atom. The van der Waals surface area contributed by atoms with E-state index in [0.717, 1.165) is 12.8 Å². The van der Waals surface area contributed by atoms with Crippen molar-refractivity contribution in [2.75, 3.05) is 20.3 Å². The molecule has 0 aromatic carbocycles. The van der Waals surface area contributed by atoms with Crippen molar-refractivity contribution < 1.29 is 14.9 Å². The minimum absolute atomic E-state index is 0.0591. The quantitative estimate of drug-likeness (QED) is 0.619. The molecule has 1 fully saturated rings. The largest absolute Gasteiger partial charge is 0.394 e. The average Bonchev–Trinajstić information content (AvgIpc) is 2.29. The SMILES string of the molecule is COC1CCCCC1NC(C)(CO)CO. The molecule has 0 amide bonds. The van der Waals surface area contributed by atoms with Gasteiger partial charge in [0.1, 0.15) is 0 Å². The smallest absolute Gasteiger partial charge is 0.0724 e. The Bertz CT molecular complexity index is 183. The van der Waals surface area contributed by atoms with E-state index in [9.17, 15) is 10.2 Å². The Morgan fingerprint density at radius 2 is 1.87 bits per heavy atom. The lowest BCUT2D eigenvalue weighted by Crippen LogP contribution is -2.57. The molecule has 0 aromatic rings. The number of nitrogens with one attached hydrogen (secondary N) is 1. The van der Waals surface area contributed by atoms with Crippen LogP contribution in [0.3, 0.4) is 0 Å². The second-order valence-corrected chi connectivity index (χ2v) is 4.69. The summed E-state index contributed by atoms with van der Waals surface area (Å²) in [6, 6.07) is 0.244. The Labute approximate surface area is 91.6 Å². The molecule has 2 atom stereocenters. The normalized spacial score (nSPS) is 28.0. The maximum Gasteiger partial charge on any atom is 0.0724 e. The summed E-state index contributed by atoms with van der Waals surface area (Å²) in [7, 11) is 1.72. The van der Waals surface area contributed by atoms with Crippen LogP contribution in [0, 0.1) is 0 Å². The van der Waals surface area contributed by atoms with Crippen LogP contribution in [0.5, 0.6) is 0 Å². The van der Waals surface area contributed by atoms with Crippen LogP contribution in [0.2, 0.25) is 0 Å². The molecule has 0 saturated heterocycles. The molecule has 1 aliphatic carbocycles. The van der Waals surface area contributed by atoms with Crippen molar-refractivity contribution in [3.8, 4) is 0 Å². The van der Waals surface area contributed by atoms with Gasteiger partial charge in [0, 0.05) is 13.2 Å². The minimum atomic E-state index is -0.598. The molecule has 4 nitrogen and oxygen atoms in total. The molecule has 4 heteroatoms. The van der Waals surface area contributed by atoms with Gasteiger partial charge in [0.05, 0.1) is 24.9 Å². The standard InChI is InChI=1S/C11H23NO3/c1-11(7-13,8-14)12-9-5-3-4-6-10(9)15-2/h9-10,12-14H,3-8H2,1-2H3. The van der Waals surface area contributed by atoms with Crippen molar-refractivity contribution in [2.24, 2.45) is 0 Å². The lowest BCUT2D eigenvalue weighted by Gasteiger charge is -2.38. The summed E-state index contributed by atoms with van der Waals surface area (Å²) in [5.41, 5.74) is -0.598. The number of aliphatic hydroxyl groups is 2. The van der Waals surface area contributed by atoms with Crippen LogP contribution >= 0.6 is 0 Å². The monoisotopic (exact) mass is 217 g/mol. The summed E-state index contributed by atoms with van der Waals surface area (Å²) in [6.07, 6.45) is 4.70. The van der Waals surface area contributed by atoms with E-state index in [1.165, 1.54) is 12.8 Å². The number of methoxy groups -OCH3 is 1. The number of rotatable bonds is 5. The van der Waals surface area contributed by atoms with E-state index in [4.69, 9.17) is 4.74 Å². The Balaban J connectivity index is 2.53.